The Bertz CT molecular complexity index is 939. The standard InChI is InChI=1S/C22H31N3O4S/c1-24(2)18-9-7-17(8-10-18)20(25-13-5-6-14-25)16-23-30(26,27)22-12-11-19(28-3)15-21(22)29-4/h7-12,15,20,23H,5-6,13-14,16H2,1-4H3. The highest BCUT2D eigenvalue weighted by Crippen LogP contribution is 2.30. The van der Waals surface area contributed by atoms with Crippen molar-refractivity contribution in [1.82, 2.24) is 9.62 Å². The van der Waals surface area contributed by atoms with Gasteiger partial charge in [0.1, 0.15) is 16.4 Å². The van der Waals surface area contributed by atoms with Crippen LogP contribution in [0.2, 0.25) is 0 Å². The molecule has 8 heteroatoms. The van der Waals surface area contributed by atoms with E-state index in [1.54, 1.807) is 12.1 Å². The van der Waals surface area contributed by atoms with Gasteiger partial charge in [0.15, 0.2) is 0 Å². The number of rotatable bonds is 9. The molecule has 1 aliphatic rings. The van der Waals surface area contributed by atoms with E-state index in [-0.39, 0.29) is 16.7 Å². The quantitative estimate of drug-likeness (QED) is 0.656. The molecule has 1 heterocycles. The SMILES string of the molecule is COc1ccc(S(=O)(=O)NCC(c2ccc(N(C)C)cc2)N2CCCC2)c(OC)c1. The lowest BCUT2D eigenvalue weighted by Crippen LogP contribution is -2.36. The molecule has 30 heavy (non-hydrogen) atoms. The maximum absolute atomic E-state index is 13.0. The van der Waals surface area contributed by atoms with Crippen molar-refractivity contribution in [1.29, 1.82) is 0 Å². The molecule has 3 rings (SSSR count). The largest absolute Gasteiger partial charge is 0.497 e. The van der Waals surface area contributed by atoms with Gasteiger partial charge in [-0.05, 0) is 55.8 Å². The van der Waals surface area contributed by atoms with Crippen molar-refractivity contribution in [3.8, 4) is 11.5 Å². The van der Waals surface area contributed by atoms with Gasteiger partial charge in [0.25, 0.3) is 0 Å². The van der Waals surface area contributed by atoms with Crippen molar-refractivity contribution < 1.29 is 17.9 Å². The summed E-state index contributed by atoms with van der Waals surface area (Å²) in [7, 11) is 3.24. The van der Waals surface area contributed by atoms with E-state index in [0.29, 0.717) is 12.3 Å². The summed E-state index contributed by atoms with van der Waals surface area (Å²) in [6, 6.07) is 13.0. The normalized spacial score (nSPS) is 15.7. The third-order valence-electron chi connectivity index (χ3n) is 5.50. The number of benzene rings is 2. The van der Waals surface area contributed by atoms with E-state index in [1.165, 1.54) is 20.3 Å². The van der Waals surface area contributed by atoms with Crippen LogP contribution in [0.15, 0.2) is 47.4 Å². The van der Waals surface area contributed by atoms with Crippen LogP contribution in [0.1, 0.15) is 24.4 Å². The van der Waals surface area contributed by atoms with E-state index >= 15 is 0 Å². The van der Waals surface area contributed by atoms with Gasteiger partial charge < -0.3 is 14.4 Å². The van der Waals surface area contributed by atoms with Crippen molar-refractivity contribution >= 4 is 15.7 Å². The second-order valence-corrected chi connectivity index (χ2v) is 9.35. The predicted octanol–water partition coefficient (Wildman–Crippen LogP) is 2.89. The number of sulfonamides is 1. The number of ether oxygens (including phenoxy) is 2. The number of methoxy groups -OCH3 is 2. The van der Waals surface area contributed by atoms with Crippen LogP contribution in [-0.4, -0.2) is 61.3 Å². The van der Waals surface area contributed by atoms with E-state index in [0.717, 1.165) is 37.2 Å². The van der Waals surface area contributed by atoms with E-state index in [4.69, 9.17) is 9.47 Å². The minimum atomic E-state index is -3.75. The molecule has 1 unspecified atom stereocenters. The minimum absolute atomic E-state index is 0.0252. The van der Waals surface area contributed by atoms with Crippen molar-refractivity contribution in [2.45, 2.75) is 23.8 Å². The summed E-state index contributed by atoms with van der Waals surface area (Å²) in [6.45, 7) is 2.22. The third kappa shape index (κ3) is 5.06. The molecule has 1 atom stereocenters. The zero-order valence-electron chi connectivity index (χ0n) is 18.1. The van der Waals surface area contributed by atoms with Gasteiger partial charge >= 0.3 is 0 Å². The predicted molar refractivity (Wildman–Crippen MR) is 119 cm³/mol. The molecule has 1 fully saturated rings. The van der Waals surface area contributed by atoms with Gasteiger partial charge in [-0.15, -0.1) is 0 Å². The second-order valence-electron chi connectivity index (χ2n) is 7.61. The lowest BCUT2D eigenvalue weighted by Gasteiger charge is -2.28. The molecule has 0 radical (unpaired) electrons. The molecule has 1 N–H and O–H groups in total. The van der Waals surface area contributed by atoms with E-state index in [1.807, 2.05) is 19.0 Å². The Hall–Kier alpha value is -2.29. The molecule has 2 aromatic rings. The molecule has 0 bridgehead atoms. The lowest BCUT2D eigenvalue weighted by molar-refractivity contribution is 0.246. The number of nitrogens with zero attached hydrogens (tertiary/aromatic N) is 2. The summed E-state index contributed by atoms with van der Waals surface area (Å²) >= 11 is 0. The fourth-order valence-electron chi connectivity index (χ4n) is 3.77. The molecule has 2 aromatic carbocycles. The molecule has 1 saturated heterocycles. The van der Waals surface area contributed by atoms with Gasteiger partial charge in [0.05, 0.1) is 14.2 Å². The molecule has 7 nitrogen and oxygen atoms in total. The Morgan fingerprint density at radius 3 is 2.27 bits per heavy atom. The van der Waals surface area contributed by atoms with Gasteiger partial charge in [-0.1, -0.05) is 12.1 Å². The van der Waals surface area contributed by atoms with Crippen LogP contribution >= 0.6 is 0 Å². The summed E-state index contributed by atoms with van der Waals surface area (Å²) in [6.07, 6.45) is 2.26. The number of hydrogen-bond acceptors (Lipinski definition) is 6. The van der Waals surface area contributed by atoms with Crippen LogP contribution in [-0.2, 0) is 10.0 Å². The summed E-state index contributed by atoms with van der Waals surface area (Å²) in [5, 5.41) is 0. The number of anilines is 1. The lowest BCUT2D eigenvalue weighted by atomic mass is 10.1. The van der Waals surface area contributed by atoms with Crippen molar-refractivity contribution in [3.63, 3.8) is 0 Å². The van der Waals surface area contributed by atoms with Gasteiger partial charge in [-0.3, -0.25) is 4.90 Å². The molecule has 0 aromatic heterocycles. The molecule has 0 aliphatic carbocycles. The molecule has 1 aliphatic heterocycles. The summed E-state index contributed by atoms with van der Waals surface area (Å²) in [5.41, 5.74) is 2.22. The van der Waals surface area contributed by atoms with Crippen molar-refractivity contribution in [3.05, 3.63) is 48.0 Å². The average molecular weight is 434 g/mol. The first-order valence-electron chi connectivity index (χ1n) is 10.1. The van der Waals surface area contributed by atoms with E-state index in [2.05, 4.69) is 33.9 Å². The van der Waals surface area contributed by atoms with Crippen LogP contribution in [0.4, 0.5) is 5.69 Å². The molecular formula is C22H31N3O4S. The number of nitrogens with one attached hydrogen (secondary N) is 1. The molecule has 0 saturated carbocycles. The average Bonchev–Trinajstić information content (AvgIpc) is 3.28. The highest BCUT2D eigenvalue weighted by molar-refractivity contribution is 7.89. The van der Waals surface area contributed by atoms with Crippen LogP contribution in [0.25, 0.3) is 0 Å². The topological polar surface area (TPSA) is 71.1 Å². The van der Waals surface area contributed by atoms with Crippen LogP contribution < -0.4 is 19.1 Å². The van der Waals surface area contributed by atoms with Crippen LogP contribution in [0.5, 0.6) is 11.5 Å². The maximum atomic E-state index is 13.0. The second kappa shape index (κ2) is 9.68. The fourth-order valence-corrected chi connectivity index (χ4v) is 4.96. The van der Waals surface area contributed by atoms with Crippen molar-refractivity contribution in [2.24, 2.45) is 0 Å². The Morgan fingerprint density at radius 2 is 1.70 bits per heavy atom. The maximum Gasteiger partial charge on any atom is 0.244 e. The van der Waals surface area contributed by atoms with Gasteiger partial charge in [-0.2, -0.15) is 0 Å². The smallest absolute Gasteiger partial charge is 0.244 e. The number of likely N-dealkylation sites (tertiary alicyclic amines) is 1. The zero-order valence-corrected chi connectivity index (χ0v) is 18.9. The molecule has 164 valence electrons. The van der Waals surface area contributed by atoms with Crippen LogP contribution in [0.3, 0.4) is 0 Å². The first-order valence-corrected chi connectivity index (χ1v) is 11.6. The van der Waals surface area contributed by atoms with Crippen molar-refractivity contribution in [2.75, 3.05) is 52.8 Å². The third-order valence-corrected chi connectivity index (χ3v) is 6.97. The first-order chi connectivity index (χ1) is 14.4. The Balaban J connectivity index is 1.83. The Labute approximate surface area is 179 Å². The fraction of sp³-hybridized carbons (Fsp3) is 0.455. The first kappa shape index (κ1) is 22.4. The molecular weight excluding hydrogens is 402 g/mol. The van der Waals surface area contributed by atoms with E-state index in [9.17, 15) is 8.42 Å². The molecule has 0 amide bonds. The Kier molecular flexibility index (Phi) is 7.23. The highest BCUT2D eigenvalue weighted by Gasteiger charge is 2.27. The summed E-state index contributed by atoms with van der Waals surface area (Å²) < 4.78 is 39.4. The number of hydrogen-bond donors (Lipinski definition) is 1. The van der Waals surface area contributed by atoms with Crippen LogP contribution in [0, 0.1) is 0 Å². The molecule has 0 spiro atoms. The summed E-state index contributed by atoms with van der Waals surface area (Å²) in [4.78, 5) is 4.50. The van der Waals surface area contributed by atoms with Gasteiger partial charge in [0, 0.05) is 38.4 Å². The monoisotopic (exact) mass is 433 g/mol. The minimum Gasteiger partial charge on any atom is -0.497 e. The highest BCUT2D eigenvalue weighted by atomic mass is 32.2. The van der Waals surface area contributed by atoms with Gasteiger partial charge in [-0.25, -0.2) is 13.1 Å². The summed E-state index contributed by atoms with van der Waals surface area (Å²) in [5.74, 6) is 0.802. The zero-order chi connectivity index (χ0) is 21.7. The Morgan fingerprint density at radius 1 is 1.03 bits per heavy atom. The van der Waals surface area contributed by atoms with Gasteiger partial charge in [0.2, 0.25) is 10.0 Å². The van der Waals surface area contributed by atoms with E-state index < -0.39 is 10.0 Å².